The smallest absolute Gasteiger partial charge is 0.756 e. The van der Waals surface area contributed by atoms with E-state index in [4.69, 9.17) is 27.6 Å². The SMILES string of the molecule is CCCCCCCCCCCCC/C=C/[C@@H](OC(=O)CCCCCCCCCCC)[C@H](COP(=O)([O-])OCCNC(=O)NCCOP(=O)([O-])OC[C@H](NC(O)CCCCCCCCCCCCC)[C@@H](/C=C/CCCCCCCCCCCCC)OC(=O)CCCCCCCCCCC)NC(=O)CCCCCCCCCCCCC.[Na+].[Na+]. The largest absolute Gasteiger partial charge is 1.00 e. The van der Waals surface area contributed by atoms with Crippen molar-refractivity contribution in [3.05, 3.63) is 24.3 Å². The molecule has 0 aromatic rings. The predicted octanol–water partition coefficient (Wildman–Crippen LogP) is 19.6. The summed E-state index contributed by atoms with van der Waals surface area (Å²) in [4.78, 5) is 80.9. The Balaban J connectivity index is -0.0000638. The van der Waals surface area contributed by atoms with Crippen molar-refractivity contribution in [1.29, 1.82) is 0 Å². The topological polar surface area (TPSA) is 272 Å². The summed E-state index contributed by atoms with van der Waals surface area (Å²) in [5, 5.41) is 22.6. The Bertz CT molecular complexity index is 2300. The molecule has 0 radical (unpaired) electrons. The van der Waals surface area contributed by atoms with Crippen LogP contribution in [-0.2, 0) is 51.1 Å². The first-order valence-corrected chi connectivity index (χ1v) is 51.2. The van der Waals surface area contributed by atoms with Crippen molar-refractivity contribution in [1.82, 2.24) is 21.3 Å². The van der Waals surface area contributed by atoms with Crippen LogP contribution in [0.4, 0.5) is 4.79 Å². The average molecular weight is 1700 g/mol. The molecule has 0 heterocycles. The van der Waals surface area contributed by atoms with Gasteiger partial charge < -0.3 is 58.4 Å². The van der Waals surface area contributed by atoms with Crippen LogP contribution in [0, 0.1) is 0 Å². The van der Waals surface area contributed by atoms with Gasteiger partial charge in [0.15, 0.2) is 0 Å². The molecule has 116 heavy (non-hydrogen) atoms. The minimum Gasteiger partial charge on any atom is -0.756 e. The standard InChI is InChI=1S/C93H182N4O15P2.2Na/c1-7-13-19-25-31-37-41-43-47-51-55-61-67-73-87(111-91(100)77-71-65-59-49-35-29-23-17-11-5)85(96-89(98)75-69-63-57-53-45-39-33-27-21-15-9-3)83-109-113(103,104)107-81-79-94-93(102)95-80-82-108-114(105,106)110-84-86(97-90(99)76-70-64-58-54-46-40-34-28-22-16-10-4)88(112-92(101)78-72-66-60-50-36-30-24-18-12-6)74-68-62-56-52-48-44-42-38-32-26-20-14-8-2;;/h67-68,73-74,85-89,96,98H,7-66,69-72,75-84H2,1-6H3,(H,97,99)(H,103,104)(H,105,106)(H2,94,95,102);;/q;2*+1/p-2/b73-67+,74-68+;;/t85-,86-,87+,88+,89?;;/m0../s1. The van der Waals surface area contributed by atoms with E-state index in [2.05, 4.69) is 62.8 Å². The molecule has 3 unspecified atom stereocenters. The van der Waals surface area contributed by atoms with Crippen LogP contribution in [0.15, 0.2) is 24.3 Å². The number of phosphoric acid groups is 2. The third-order valence-electron chi connectivity index (χ3n) is 21.8. The molecule has 0 aromatic heterocycles. The van der Waals surface area contributed by atoms with Gasteiger partial charge in [-0.1, -0.05) is 413 Å². The summed E-state index contributed by atoms with van der Waals surface area (Å²) in [5.41, 5.74) is 0. The first-order chi connectivity index (χ1) is 55.6. The number of allylic oxidation sites excluding steroid dienone is 2. The Labute approximate surface area is 757 Å². The van der Waals surface area contributed by atoms with Gasteiger partial charge in [-0.15, -0.1) is 0 Å². The number of carbonyl (C=O) groups excluding carboxylic acids is 4. The van der Waals surface area contributed by atoms with E-state index in [0.29, 0.717) is 25.7 Å². The number of unbranched alkanes of at least 4 members (excludes halogenated alkanes) is 58. The number of carbonyl (C=O) groups is 4. The Kier molecular flexibility index (Phi) is 94.7. The number of ether oxygens (including phenoxy) is 2. The maximum Gasteiger partial charge on any atom is 1.00 e. The van der Waals surface area contributed by atoms with Crippen LogP contribution in [0.5, 0.6) is 0 Å². The molecule has 23 heteroatoms. The van der Waals surface area contributed by atoms with E-state index in [9.17, 15) is 43.2 Å². The minimum atomic E-state index is -5.08. The van der Waals surface area contributed by atoms with Crippen molar-refractivity contribution in [2.24, 2.45) is 0 Å². The maximum absolute atomic E-state index is 13.7. The molecule has 0 aromatic carbocycles. The van der Waals surface area contributed by atoms with Crippen molar-refractivity contribution >= 4 is 39.5 Å². The van der Waals surface area contributed by atoms with Gasteiger partial charge in [-0.25, -0.2) is 4.79 Å². The zero-order valence-electron chi connectivity index (χ0n) is 76.6. The van der Waals surface area contributed by atoms with Gasteiger partial charge in [0.1, 0.15) is 18.4 Å². The average Bonchev–Trinajstić information content (AvgIpc) is 0.878. The molecule has 0 fully saturated rings. The van der Waals surface area contributed by atoms with E-state index in [0.717, 1.165) is 135 Å². The summed E-state index contributed by atoms with van der Waals surface area (Å²) in [6.45, 7) is 10.7. The third-order valence-corrected chi connectivity index (χ3v) is 23.8. The van der Waals surface area contributed by atoms with E-state index in [1.807, 2.05) is 12.2 Å². The van der Waals surface area contributed by atoms with E-state index in [1.54, 1.807) is 12.2 Å². The van der Waals surface area contributed by atoms with Crippen molar-refractivity contribution < 1.29 is 130 Å². The Morgan fingerprint density at radius 2 is 0.586 bits per heavy atom. The number of hydrogen-bond acceptors (Lipinski definition) is 16. The summed E-state index contributed by atoms with van der Waals surface area (Å²) >= 11 is 0. The van der Waals surface area contributed by atoms with Crippen molar-refractivity contribution in [2.75, 3.05) is 39.5 Å². The maximum atomic E-state index is 13.7. The molecule has 0 aliphatic carbocycles. The molecule has 0 saturated heterocycles. The van der Waals surface area contributed by atoms with E-state index in [-0.39, 0.29) is 97.4 Å². The fourth-order valence-electron chi connectivity index (χ4n) is 14.5. The number of phosphoric ester groups is 2. The Morgan fingerprint density at radius 3 is 0.888 bits per heavy atom. The number of hydrogen-bond donors (Lipinski definition) is 5. The van der Waals surface area contributed by atoms with Gasteiger partial charge in [0.2, 0.25) is 5.91 Å². The van der Waals surface area contributed by atoms with Gasteiger partial charge in [-0.05, 0) is 69.9 Å². The van der Waals surface area contributed by atoms with Gasteiger partial charge in [0, 0.05) is 32.4 Å². The zero-order valence-corrected chi connectivity index (χ0v) is 82.4. The molecular formula is C93H180N4Na2O15P2. The monoisotopic (exact) mass is 1700 g/mol. The first kappa shape index (κ1) is 119. The second kappa shape index (κ2) is 92.0. The molecular weight excluding hydrogens is 1520 g/mol. The molecule has 0 aliphatic heterocycles. The fourth-order valence-corrected chi connectivity index (χ4v) is 16.0. The Morgan fingerprint density at radius 1 is 0.336 bits per heavy atom. The molecule has 0 rings (SSSR count). The van der Waals surface area contributed by atoms with Crippen LogP contribution in [0.3, 0.4) is 0 Å². The molecule has 0 saturated carbocycles. The molecule has 19 nitrogen and oxygen atoms in total. The number of nitrogens with one attached hydrogen (secondary N) is 4. The molecule has 7 atom stereocenters. The number of urea groups is 1. The van der Waals surface area contributed by atoms with Gasteiger partial charge >= 0.3 is 77.1 Å². The summed E-state index contributed by atoms with van der Waals surface area (Å²) in [7, 11) is -10.1. The summed E-state index contributed by atoms with van der Waals surface area (Å²) in [6.07, 6.45) is 78.2. The molecule has 3 amide bonds. The zero-order chi connectivity index (χ0) is 83.4. The number of esters is 2. The second-order valence-corrected chi connectivity index (χ2v) is 35.8. The quantitative estimate of drug-likeness (QED) is 0.00945. The van der Waals surface area contributed by atoms with Crippen LogP contribution >= 0.6 is 15.6 Å². The molecule has 0 spiro atoms. The van der Waals surface area contributed by atoms with Crippen LogP contribution in [-0.4, -0.2) is 99.0 Å². The predicted molar refractivity (Wildman–Crippen MR) is 471 cm³/mol. The minimum absolute atomic E-state index is 0. The second-order valence-electron chi connectivity index (χ2n) is 33.0. The fraction of sp³-hybridized carbons (Fsp3) is 0.914. The number of rotatable bonds is 91. The molecule has 0 aliphatic rings. The van der Waals surface area contributed by atoms with Gasteiger partial charge in [0.25, 0.3) is 15.6 Å². The molecule has 0 bridgehead atoms. The summed E-state index contributed by atoms with van der Waals surface area (Å²) < 4.78 is 60.6. The van der Waals surface area contributed by atoms with Crippen molar-refractivity contribution in [2.45, 2.75) is 509 Å². The van der Waals surface area contributed by atoms with Crippen LogP contribution in [0.2, 0.25) is 0 Å². The number of amides is 3. The van der Waals surface area contributed by atoms with Crippen LogP contribution in [0.25, 0.3) is 0 Å². The van der Waals surface area contributed by atoms with Crippen molar-refractivity contribution in [3.8, 4) is 0 Å². The van der Waals surface area contributed by atoms with E-state index < -0.39 is 90.6 Å². The molecule has 674 valence electrons. The van der Waals surface area contributed by atoms with Gasteiger partial charge in [-0.2, -0.15) is 0 Å². The Hall–Kier alpha value is -0.700. The van der Waals surface area contributed by atoms with Crippen LogP contribution in [0.1, 0.15) is 478 Å². The van der Waals surface area contributed by atoms with Crippen molar-refractivity contribution in [3.63, 3.8) is 0 Å². The normalized spacial score (nSPS) is 14.0. The third kappa shape index (κ3) is 85.5. The number of aliphatic hydroxyl groups excluding tert-OH is 1. The summed E-state index contributed by atoms with van der Waals surface area (Å²) in [5.74, 6) is -1.15. The van der Waals surface area contributed by atoms with Gasteiger partial charge in [0.05, 0.1) is 38.5 Å². The van der Waals surface area contributed by atoms with E-state index >= 15 is 0 Å². The summed E-state index contributed by atoms with van der Waals surface area (Å²) in [6, 6.07) is -2.79. The van der Waals surface area contributed by atoms with Gasteiger partial charge in [-0.3, -0.25) is 28.8 Å². The molecule has 5 N–H and O–H groups in total. The van der Waals surface area contributed by atoms with Crippen LogP contribution < -0.4 is 90.2 Å². The first-order valence-electron chi connectivity index (χ1n) is 48.2. The van der Waals surface area contributed by atoms with E-state index in [1.165, 1.54) is 257 Å². The number of aliphatic hydroxyl groups is 1.